The first-order valence-corrected chi connectivity index (χ1v) is 5.72. The van der Waals surface area contributed by atoms with Gasteiger partial charge in [-0.3, -0.25) is 18.9 Å². The molecule has 0 aromatic carbocycles. The van der Waals surface area contributed by atoms with Gasteiger partial charge in [0.15, 0.2) is 5.65 Å². The Hall–Kier alpha value is -1.69. The Morgan fingerprint density at radius 3 is 2.88 bits per heavy atom. The van der Waals surface area contributed by atoms with Crippen LogP contribution >= 0.6 is 0 Å². The maximum absolute atomic E-state index is 12.3. The molecule has 0 saturated carbocycles. The van der Waals surface area contributed by atoms with Gasteiger partial charge in [-0.2, -0.15) is 5.10 Å². The third-order valence-corrected chi connectivity index (χ3v) is 3.59. The second-order valence-electron chi connectivity index (χ2n) is 4.59. The Bertz CT molecular complexity index is 641. The zero-order valence-electron chi connectivity index (χ0n) is 10.2. The molecule has 3 rings (SSSR count). The molecule has 17 heavy (non-hydrogen) atoms. The number of fused-ring (bicyclic) bond motifs is 2. The molecule has 0 aliphatic carbocycles. The van der Waals surface area contributed by atoms with Crippen molar-refractivity contribution in [3.8, 4) is 0 Å². The lowest BCUT2D eigenvalue weighted by molar-refractivity contribution is 0.201. The molecule has 1 aliphatic rings. The molecule has 0 fully saturated rings. The van der Waals surface area contributed by atoms with E-state index in [0.717, 1.165) is 12.4 Å². The summed E-state index contributed by atoms with van der Waals surface area (Å²) in [7, 11) is 3.86. The first-order chi connectivity index (χ1) is 8.09. The van der Waals surface area contributed by atoms with Crippen molar-refractivity contribution in [3.63, 3.8) is 0 Å². The quantitative estimate of drug-likeness (QED) is 0.649. The molecule has 3 heterocycles. The van der Waals surface area contributed by atoms with E-state index < -0.39 is 0 Å². The average molecular weight is 233 g/mol. The average Bonchev–Trinajstić information content (AvgIpc) is 2.67. The van der Waals surface area contributed by atoms with Gasteiger partial charge in [-0.05, 0) is 14.0 Å². The van der Waals surface area contributed by atoms with Gasteiger partial charge in [0.05, 0.1) is 12.2 Å². The van der Waals surface area contributed by atoms with Crippen LogP contribution in [0.4, 0.5) is 0 Å². The second-order valence-corrected chi connectivity index (χ2v) is 4.59. The smallest absolute Gasteiger partial charge is 0.264 e. The predicted octanol–water partition coefficient (Wildman–Crippen LogP) is 0.136. The summed E-state index contributed by atoms with van der Waals surface area (Å²) < 4.78 is 3.42. The van der Waals surface area contributed by atoms with Gasteiger partial charge in [0.1, 0.15) is 11.2 Å². The second kappa shape index (κ2) is 3.40. The van der Waals surface area contributed by atoms with Crippen LogP contribution < -0.4 is 5.56 Å². The molecule has 90 valence electrons. The molecule has 1 unspecified atom stereocenters. The van der Waals surface area contributed by atoms with Crippen LogP contribution in [0.1, 0.15) is 18.8 Å². The molecule has 1 aliphatic heterocycles. The Labute approximate surface area is 98.5 Å². The van der Waals surface area contributed by atoms with E-state index in [4.69, 9.17) is 0 Å². The maximum atomic E-state index is 12.3. The van der Waals surface area contributed by atoms with E-state index in [0.29, 0.717) is 17.6 Å². The molecular formula is C11H15N5O. The van der Waals surface area contributed by atoms with E-state index >= 15 is 0 Å². The Morgan fingerprint density at radius 2 is 2.12 bits per heavy atom. The molecule has 6 nitrogen and oxygen atoms in total. The van der Waals surface area contributed by atoms with Crippen LogP contribution in [0.25, 0.3) is 11.0 Å². The maximum Gasteiger partial charge on any atom is 0.264 e. The van der Waals surface area contributed by atoms with Crippen molar-refractivity contribution in [2.75, 3.05) is 13.6 Å². The van der Waals surface area contributed by atoms with Crippen molar-refractivity contribution in [2.24, 2.45) is 7.05 Å². The molecule has 0 amide bonds. The van der Waals surface area contributed by atoms with Crippen LogP contribution in [0.15, 0.2) is 11.0 Å². The normalized spacial score (nSPS) is 20.8. The summed E-state index contributed by atoms with van der Waals surface area (Å²) in [5.41, 5.74) is 0.696. The highest BCUT2D eigenvalue weighted by Gasteiger charge is 2.25. The van der Waals surface area contributed by atoms with E-state index in [2.05, 4.69) is 21.9 Å². The Morgan fingerprint density at radius 1 is 1.35 bits per heavy atom. The fourth-order valence-electron chi connectivity index (χ4n) is 2.32. The minimum atomic E-state index is 0.0260. The lowest BCUT2D eigenvalue weighted by atomic mass is 10.2. The summed E-state index contributed by atoms with van der Waals surface area (Å²) >= 11 is 0. The number of hydrogen-bond donors (Lipinski definition) is 0. The fourth-order valence-corrected chi connectivity index (χ4v) is 2.32. The van der Waals surface area contributed by atoms with Gasteiger partial charge in [-0.25, -0.2) is 4.98 Å². The summed E-state index contributed by atoms with van der Waals surface area (Å²) in [6, 6.07) is 0.163. The summed E-state index contributed by atoms with van der Waals surface area (Å²) in [5, 5.41) is 4.70. The number of nitrogens with zero attached hydrogens (tertiary/aromatic N) is 5. The van der Waals surface area contributed by atoms with E-state index in [1.165, 1.54) is 0 Å². The van der Waals surface area contributed by atoms with Gasteiger partial charge >= 0.3 is 0 Å². The van der Waals surface area contributed by atoms with Crippen LogP contribution in [0.5, 0.6) is 0 Å². The SMILES string of the molecule is CC1c2nc3c(cnn3C)c(=O)n2CCN1C. The number of likely N-dealkylation sites (N-methyl/N-ethyl adjacent to an activating group) is 1. The molecule has 6 heteroatoms. The van der Waals surface area contributed by atoms with Gasteiger partial charge in [-0.15, -0.1) is 0 Å². The van der Waals surface area contributed by atoms with E-state index in [9.17, 15) is 4.79 Å². The molecule has 0 bridgehead atoms. The van der Waals surface area contributed by atoms with E-state index in [-0.39, 0.29) is 11.6 Å². The molecular weight excluding hydrogens is 218 g/mol. The highest BCUT2D eigenvalue weighted by atomic mass is 16.1. The molecule has 1 atom stereocenters. The van der Waals surface area contributed by atoms with Gasteiger partial charge in [0.2, 0.25) is 0 Å². The molecule has 2 aromatic rings. The van der Waals surface area contributed by atoms with Crippen LogP contribution in [-0.2, 0) is 13.6 Å². The van der Waals surface area contributed by atoms with Crippen molar-refractivity contribution in [1.82, 2.24) is 24.2 Å². The molecule has 0 N–H and O–H groups in total. The van der Waals surface area contributed by atoms with Crippen LogP contribution in [0.3, 0.4) is 0 Å². The van der Waals surface area contributed by atoms with Gasteiger partial charge in [0, 0.05) is 20.1 Å². The van der Waals surface area contributed by atoms with Crippen molar-refractivity contribution in [3.05, 3.63) is 22.4 Å². The number of hydrogen-bond acceptors (Lipinski definition) is 4. The van der Waals surface area contributed by atoms with Crippen molar-refractivity contribution < 1.29 is 0 Å². The monoisotopic (exact) mass is 233 g/mol. The minimum Gasteiger partial charge on any atom is -0.295 e. The molecule has 0 radical (unpaired) electrons. The van der Waals surface area contributed by atoms with Crippen molar-refractivity contribution >= 4 is 11.0 Å². The zero-order chi connectivity index (χ0) is 12.2. The van der Waals surface area contributed by atoms with E-state index in [1.54, 1.807) is 15.4 Å². The first-order valence-electron chi connectivity index (χ1n) is 5.72. The molecule has 0 spiro atoms. The Balaban J connectivity index is 2.37. The summed E-state index contributed by atoms with van der Waals surface area (Å²) in [6.07, 6.45) is 1.60. The number of aryl methyl sites for hydroxylation is 1. The lowest BCUT2D eigenvalue weighted by Crippen LogP contribution is -2.40. The van der Waals surface area contributed by atoms with Crippen molar-refractivity contribution in [1.29, 1.82) is 0 Å². The number of rotatable bonds is 0. The predicted molar refractivity (Wildman–Crippen MR) is 63.8 cm³/mol. The molecule has 0 saturated heterocycles. The van der Waals surface area contributed by atoms with Gasteiger partial charge in [-0.1, -0.05) is 0 Å². The van der Waals surface area contributed by atoms with Crippen LogP contribution in [-0.4, -0.2) is 37.8 Å². The van der Waals surface area contributed by atoms with Crippen molar-refractivity contribution in [2.45, 2.75) is 19.5 Å². The van der Waals surface area contributed by atoms with E-state index in [1.807, 2.05) is 14.1 Å². The van der Waals surface area contributed by atoms with Gasteiger partial charge in [0.25, 0.3) is 5.56 Å². The summed E-state index contributed by atoms with van der Waals surface area (Å²) in [6.45, 7) is 3.65. The topological polar surface area (TPSA) is 56.0 Å². The molecule has 2 aromatic heterocycles. The highest BCUT2D eigenvalue weighted by Crippen LogP contribution is 2.21. The fraction of sp³-hybridized carbons (Fsp3) is 0.545. The number of aromatic nitrogens is 4. The Kier molecular flexibility index (Phi) is 2.09. The first kappa shape index (κ1) is 10.5. The minimum absolute atomic E-state index is 0.0260. The van der Waals surface area contributed by atoms with Crippen LogP contribution in [0.2, 0.25) is 0 Å². The lowest BCUT2D eigenvalue weighted by Gasteiger charge is -2.31. The van der Waals surface area contributed by atoms with Gasteiger partial charge < -0.3 is 0 Å². The largest absolute Gasteiger partial charge is 0.295 e. The standard InChI is InChI=1S/C11H15N5O/c1-7-9-13-10-8(6-12-15(10)3)11(17)16(9)5-4-14(7)2/h6-7H,4-5H2,1-3H3. The third kappa shape index (κ3) is 1.33. The third-order valence-electron chi connectivity index (χ3n) is 3.59. The highest BCUT2D eigenvalue weighted by molar-refractivity contribution is 5.73. The summed E-state index contributed by atoms with van der Waals surface area (Å²) in [4.78, 5) is 19.1. The summed E-state index contributed by atoms with van der Waals surface area (Å²) in [5.74, 6) is 0.833. The van der Waals surface area contributed by atoms with Crippen LogP contribution in [0, 0.1) is 0 Å². The zero-order valence-corrected chi connectivity index (χ0v) is 10.2.